The number of benzene rings is 1. The Morgan fingerprint density at radius 3 is 2.58 bits per heavy atom. The van der Waals surface area contributed by atoms with Crippen molar-refractivity contribution in [1.29, 1.82) is 0 Å². The summed E-state index contributed by atoms with van der Waals surface area (Å²) in [5.74, 6) is -0.0141. The molecule has 1 fully saturated rings. The molecule has 1 unspecified atom stereocenters. The molecule has 0 bridgehead atoms. The van der Waals surface area contributed by atoms with Crippen molar-refractivity contribution in [2.45, 2.75) is 32.2 Å². The highest BCUT2D eigenvalue weighted by Crippen LogP contribution is 2.29. The zero-order valence-electron chi connectivity index (χ0n) is 11.4. The summed E-state index contributed by atoms with van der Waals surface area (Å²) in [6.07, 6.45) is 3.42. The number of nitrogens with zero attached hydrogens (tertiary/aromatic N) is 1. The van der Waals surface area contributed by atoms with E-state index in [2.05, 4.69) is 11.8 Å². The lowest BCUT2D eigenvalue weighted by molar-refractivity contribution is 0.131. The van der Waals surface area contributed by atoms with Crippen LogP contribution >= 0.6 is 0 Å². The van der Waals surface area contributed by atoms with Crippen LogP contribution in [0.4, 0.5) is 8.78 Å². The van der Waals surface area contributed by atoms with Gasteiger partial charge < -0.3 is 5.73 Å². The van der Waals surface area contributed by atoms with Crippen LogP contribution in [0.15, 0.2) is 18.2 Å². The van der Waals surface area contributed by atoms with Crippen LogP contribution in [0.5, 0.6) is 0 Å². The molecule has 1 saturated heterocycles. The largest absolute Gasteiger partial charge is 0.329 e. The van der Waals surface area contributed by atoms with Crippen molar-refractivity contribution in [1.82, 2.24) is 4.90 Å². The second kappa shape index (κ2) is 6.44. The molecule has 0 aliphatic carbocycles. The molecule has 0 saturated carbocycles. The van der Waals surface area contributed by atoms with Gasteiger partial charge in [0.25, 0.3) is 0 Å². The molecule has 0 aromatic heterocycles. The molecule has 1 atom stereocenters. The van der Waals surface area contributed by atoms with E-state index in [-0.39, 0.29) is 11.9 Å². The number of piperidine rings is 1. The average Bonchev–Trinajstić information content (AvgIpc) is 2.44. The Kier molecular flexibility index (Phi) is 4.88. The second-order valence-electron chi connectivity index (χ2n) is 5.30. The third-order valence-corrected chi connectivity index (χ3v) is 4.21. The monoisotopic (exact) mass is 268 g/mol. The minimum absolute atomic E-state index is 0.214. The summed E-state index contributed by atoms with van der Waals surface area (Å²) in [6, 6.07) is 3.40. The standard InChI is InChI=1S/C15H22F2N2/c1-2-11-5-7-19(8-6-11)15(10-18)13-9-12(16)3-4-14(13)17/h3-4,9,11,15H,2,5-8,10,18H2,1H3. The number of halogens is 2. The fraction of sp³-hybridized carbons (Fsp3) is 0.600. The van der Waals surface area contributed by atoms with Gasteiger partial charge in [0, 0.05) is 18.2 Å². The third kappa shape index (κ3) is 3.31. The zero-order valence-corrected chi connectivity index (χ0v) is 11.4. The Hall–Kier alpha value is -1.00. The molecule has 1 heterocycles. The van der Waals surface area contributed by atoms with Gasteiger partial charge in [-0.25, -0.2) is 8.78 Å². The van der Waals surface area contributed by atoms with Gasteiger partial charge in [-0.05, 0) is 50.0 Å². The van der Waals surface area contributed by atoms with Crippen molar-refractivity contribution in [2.75, 3.05) is 19.6 Å². The molecule has 1 aromatic rings. The second-order valence-corrected chi connectivity index (χ2v) is 5.30. The molecule has 0 spiro atoms. The molecule has 2 N–H and O–H groups in total. The summed E-state index contributed by atoms with van der Waals surface area (Å²) >= 11 is 0. The van der Waals surface area contributed by atoms with Gasteiger partial charge in [0.2, 0.25) is 0 Å². The van der Waals surface area contributed by atoms with Gasteiger partial charge in [-0.3, -0.25) is 4.90 Å². The van der Waals surface area contributed by atoms with Gasteiger partial charge >= 0.3 is 0 Å². The lowest BCUT2D eigenvalue weighted by atomic mass is 9.92. The van der Waals surface area contributed by atoms with Crippen LogP contribution in [-0.2, 0) is 0 Å². The van der Waals surface area contributed by atoms with Gasteiger partial charge in [0.1, 0.15) is 11.6 Å². The van der Waals surface area contributed by atoms with E-state index >= 15 is 0 Å². The van der Waals surface area contributed by atoms with Crippen molar-refractivity contribution in [3.63, 3.8) is 0 Å². The van der Waals surface area contributed by atoms with E-state index in [0.29, 0.717) is 12.1 Å². The normalized spacial score (nSPS) is 19.6. The minimum Gasteiger partial charge on any atom is -0.329 e. The SMILES string of the molecule is CCC1CCN(C(CN)c2cc(F)ccc2F)CC1. The smallest absolute Gasteiger partial charge is 0.128 e. The average molecular weight is 268 g/mol. The minimum atomic E-state index is -0.404. The molecule has 2 rings (SSSR count). The number of hydrogen-bond acceptors (Lipinski definition) is 2. The molecule has 106 valence electrons. The summed E-state index contributed by atoms with van der Waals surface area (Å²) in [7, 11) is 0. The van der Waals surface area contributed by atoms with Crippen LogP contribution in [0.2, 0.25) is 0 Å². The van der Waals surface area contributed by atoms with E-state index in [9.17, 15) is 8.78 Å². The van der Waals surface area contributed by atoms with E-state index in [1.165, 1.54) is 18.6 Å². The highest BCUT2D eigenvalue weighted by molar-refractivity contribution is 5.23. The molecule has 4 heteroatoms. The Bertz CT molecular complexity index is 415. The molecule has 1 aromatic carbocycles. The van der Waals surface area contributed by atoms with Gasteiger partial charge in [-0.1, -0.05) is 13.3 Å². The molecular weight excluding hydrogens is 246 g/mol. The van der Waals surface area contributed by atoms with Crippen molar-refractivity contribution >= 4 is 0 Å². The highest BCUT2D eigenvalue weighted by atomic mass is 19.1. The number of rotatable bonds is 4. The first kappa shape index (κ1) is 14.4. The summed E-state index contributed by atoms with van der Waals surface area (Å²) in [5.41, 5.74) is 6.18. The van der Waals surface area contributed by atoms with Gasteiger partial charge in [0.05, 0.1) is 0 Å². The zero-order chi connectivity index (χ0) is 13.8. The lowest BCUT2D eigenvalue weighted by Gasteiger charge is -2.37. The van der Waals surface area contributed by atoms with Gasteiger partial charge in [-0.2, -0.15) is 0 Å². The summed E-state index contributed by atoms with van der Waals surface area (Å²) in [4.78, 5) is 2.18. The van der Waals surface area contributed by atoms with E-state index in [1.807, 2.05) is 0 Å². The van der Waals surface area contributed by atoms with Gasteiger partial charge in [-0.15, -0.1) is 0 Å². The molecule has 0 radical (unpaired) electrons. The van der Waals surface area contributed by atoms with E-state index in [4.69, 9.17) is 5.73 Å². The van der Waals surface area contributed by atoms with Crippen molar-refractivity contribution in [3.05, 3.63) is 35.4 Å². The van der Waals surface area contributed by atoms with E-state index in [0.717, 1.165) is 37.9 Å². The van der Waals surface area contributed by atoms with Crippen molar-refractivity contribution in [3.8, 4) is 0 Å². The van der Waals surface area contributed by atoms with Crippen LogP contribution in [0, 0.1) is 17.6 Å². The predicted molar refractivity (Wildman–Crippen MR) is 72.7 cm³/mol. The van der Waals surface area contributed by atoms with E-state index in [1.54, 1.807) is 0 Å². The first-order valence-electron chi connectivity index (χ1n) is 7.04. The fourth-order valence-corrected chi connectivity index (χ4v) is 2.92. The maximum absolute atomic E-state index is 13.9. The maximum Gasteiger partial charge on any atom is 0.128 e. The van der Waals surface area contributed by atoms with Crippen molar-refractivity contribution in [2.24, 2.45) is 11.7 Å². The molecule has 1 aliphatic rings. The molecular formula is C15H22F2N2. The number of likely N-dealkylation sites (tertiary alicyclic amines) is 1. The molecule has 19 heavy (non-hydrogen) atoms. The Balaban J connectivity index is 2.14. The maximum atomic E-state index is 13.9. The number of hydrogen-bond donors (Lipinski definition) is 1. The Labute approximate surface area is 113 Å². The predicted octanol–water partition coefficient (Wildman–Crippen LogP) is 3.09. The van der Waals surface area contributed by atoms with Crippen LogP contribution in [0.25, 0.3) is 0 Å². The van der Waals surface area contributed by atoms with Crippen LogP contribution < -0.4 is 5.73 Å². The van der Waals surface area contributed by atoms with Crippen molar-refractivity contribution < 1.29 is 8.78 Å². The Morgan fingerprint density at radius 2 is 2.00 bits per heavy atom. The van der Waals surface area contributed by atoms with Crippen LogP contribution in [-0.4, -0.2) is 24.5 Å². The molecule has 2 nitrogen and oxygen atoms in total. The topological polar surface area (TPSA) is 29.3 Å². The van der Waals surface area contributed by atoms with E-state index < -0.39 is 5.82 Å². The summed E-state index contributed by atoms with van der Waals surface area (Å²) < 4.78 is 27.2. The molecule has 0 amide bonds. The Morgan fingerprint density at radius 1 is 1.32 bits per heavy atom. The fourth-order valence-electron chi connectivity index (χ4n) is 2.92. The first-order chi connectivity index (χ1) is 9.15. The highest BCUT2D eigenvalue weighted by Gasteiger charge is 2.26. The quantitative estimate of drug-likeness (QED) is 0.909. The van der Waals surface area contributed by atoms with Crippen LogP contribution in [0.1, 0.15) is 37.8 Å². The first-order valence-corrected chi connectivity index (χ1v) is 7.04. The summed E-state index contributed by atoms with van der Waals surface area (Å²) in [6.45, 7) is 4.34. The third-order valence-electron chi connectivity index (χ3n) is 4.21. The molecule has 1 aliphatic heterocycles. The summed E-state index contributed by atoms with van der Waals surface area (Å²) in [5, 5.41) is 0. The number of nitrogens with two attached hydrogens (primary N) is 1. The van der Waals surface area contributed by atoms with Gasteiger partial charge in [0.15, 0.2) is 0 Å². The van der Waals surface area contributed by atoms with Crippen LogP contribution in [0.3, 0.4) is 0 Å². The lowest BCUT2D eigenvalue weighted by Crippen LogP contribution is -2.40.